The van der Waals surface area contributed by atoms with Crippen molar-refractivity contribution >= 4 is 23.2 Å². The zero-order chi connectivity index (χ0) is 35.7. The molecular weight excluding hydrogens is 600 g/mol. The van der Waals surface area contributed by atoms with Crippen LogP contribution in [-0.2, 0) is 25.8 Å². The minimum absolute atomic E-state index is 0.0157. The molecule has 262 valence electrons. The summed E-state index contributed by atoms with van der Waals surface area (Å²) in [5.41, 5.74) is 4.32. The van der Waals surface area contributed by atoms with E-state index < -0.39 is 18.6 Å². The number of ether oxygens (including phenoxy) is 2. The third-order valence-corrected chi connectivity index (χ3v) is 10.1. The maximum absolute atomic E-state index is 14.0. The normalized spacial score (nSPS) is 12.7. The highest BCUT2D eigenvalue weighted by molar-refractivity contribution is 5.97. The van der Waals surface area contributed by atoms with Gasteiger partial charge < -0.3 is 25.2 Å². The number of aliphatic hydroxyl groups is 1. The molecular formula is C41H58N2O5. The van der Waals surface area contributed by atoms with Gasteiger partial charge in [-0.3, -0.25) is 9.59 Å². The summed E-state index contributed by atoms with van der Waals surface area (Å²) in [6, 6.07) is 19.3. The highest BCUT2D eigenvalue weighted by atomic mass is 16.5. The Morgan fingerprint density at radius 3 is 1.92 bits per heavy atom. The van der Waals surface area contributed by atoms with Crippen LogP contribution in [0.2, 0.25) is 0 Å². The fourth-order valence-corrected chi connectivity index (χ4v) is 5.27. The molecule has 3 rings (SSSR count). The molecule has 3 aromatic rings. The molecule has 0 bridgehead atoms. The fourth-order valence-electron chi connectivity index (χ4n) is 5.27. The maximum Gasteiger partial charge on any atom is 0.265 e. The Kier molecular flexibility index (Phi) is 13.3. The number of carbonyl (C=O) groups excluding carboxylic acids is 2. The fraction of sp³-hybridized carbons (Fsp3) is 0.512. The Morgan fingerprint density at radius 1 is 0.729 bits per heavy atom. The van der Waals surface area contributed by atoms with E-state index in [1.54, 1.807) is 18.2 Å². The predicted octanol–water partition coefficient (Wildman–Crippen LogP) is 10.0. The van der Waals surface area contributed by atoms with Crippen LogP contribution >= 0.6 is 0 Å². The molecule has 7 heteroatoms. The lowest BCUT2D eigenvalue weighted by atomic mass is 9.76. The smallest absolute Gasteiger partial charge is 0.265 e. The van der Waals surface area contributed by atoms with Gasteiger partial charge in [-0.15, -0.1) is 0 Å². The van der Waals surface area contributed by atoms with E-state index in [4.69, 9.17) is 9.47 Å². The van der Waals surface area contributed by atoms with Crippen molar-refractivity contribution < 1.29 is 24.2 Å². The molecule has 3 aromatic carbocycles. The van der Waals surface area contributed by atoms with E-state index in [0.29, 0.717) is 29.3 Å². The van der Waals surface area contributed by atoms with Crippen molar-refractivity contribution in [3.05, 3.63) is 77.4 Å². The van der Waals surface area contributed by atoms with E-state index in [1.165, 1.54) is 11.1 Å². The summed E-state index contributed by atoms with van der Waals surface area (Å²) in [4.78, 5) is 26.0. The Balaban J connectivity index is 1.99. The topological polar surface area (TPSA) is 96.9 Å². The molecule has 3 N–H and O–H groups in total. The van der Waals surface area contributed by atoms with E-state index >= 15 is 0 Å². The van der Waals surface area contributed by atoms with E-state index in [9.17, 15) is 14.7 Å². The molecule has 1 atom stereocenters. The predicted molar refractivity (Wildman–Crippen MR) is 198 cm³/mol. The van der Waals surface area contributed by atoms with Crippen molar-refractivity contribution in [3.8, 4) is 17.2 Å². The second kappa shape index (κ2) is 16.5. The third kappa shape index (κ3) is 9.85. The summed E-state index contributed by atoms with van der Waals surface area (Å²) in [5.74, 6) is 0.846. The van der Waals surface area contributed by atoms with Crippen molar-refractivity contribution in [2.24, 2.45) is 0 Å². The zero-order valence-electron chi connectivity index (χ0n) is 30.9. The van der Waals surface area contributed by atoms with Crippen LogP contribution in [-0.4, -0.2) is 29.6 Å². The molecule has 0 fully saturated rings. The van der Waals surface area contributed by atoms with Gasteiger partial charge in [0.2, 0.25) is 5.91 Å². The number of carbonyl (C=O) groups is 2. The van der Waals surface area contributed by atoms with Crippen molar-refractivity contribution in [3.63, 3.8) is 0 Å². The van der Waals surface area contributed by atoms with Crippen molar-refractivity contribution in [1.82, 2.24) is 0 Å². The molecule has 0 aromatic heterocycles. The number of benzene rings is 3. The van der Waals surface area contributed by atoms with Gasteiger partial charge in [0.05, 0.1) is 5.69 Å². The third-order valence-electron chi connectivity index (χ3n) is 10.1. The summed E-state index contributed by atoms with van der Waals surface area (Å²) in [5, 5.41) is 15.0. The van der Waals surface area contributed by atoms with Crippen LogP contribution < -0.4 is 20.1 Å². The highest BCUT2D eigenvalue weighted by Gasteiger charge is 2.30. The van der Waals surface area contributed by atoms with Gasteiger partial charge in [0, 0.05) is 17.3 Å². The molecule has 1 unspecified atom stereocenters. The minimum atomic E-state index is -0.737. The Bertz CT molecular complexity index is 1520. The van der Waals surface area contributed by atoms with Gasteiger partial charge in [-0.25, -0.2) is 0 Å². The van der Waals surface area contributed by atoms with Gasteiger partial charge in [0.25, 0.3) is 5.91 Å². The Labute approximate surface area is 288 Å². The number of rotatable bonds is 17. The number of aliphatic hydroxyl groups excluding tert-OH is 1. The summed E-state index contributed by atoms with van der Waals surface area (Å²) >= 11 is 0. The number of hydrogen-bond donors (Lipinski definition) is 3. The van der Waals surface area contributed by atoms with Gasteiger partial charge in [-0.05, 0) is 89.8 Å². The number of hydrogen-bond acceptors (Lipinski definition) is 5. The van der Waals surface area contributed by atoms with E-state index in [2.05, 4.69) is 92.0 Å². The SMILES string of the molecule is CCCCC(Oc1ccc(C(C)(C)CC)cc1C(C)(C)CC)C(=O)Nc1ccc(NC(=O)CO)cc1Oc1ccc(C(C)(C)CC)cc1. The highest BCUT2D eigenvalue weighted by Crippen LogP contribution is 2.40. The first-order chi connectivity index (χ1) is 22.6. The average Bonchev–Trinajstić information content (AvgIpc) is 3.07. The van der Waals surface area contributed by atoms with Gasteiger partial charge in [-0.1, -0.05) is 99.9 Å². The molecule has 0 radical (unpaired) electrons. The van der Waals surface area contributed by atoms with Gasteiger partial charge in [-0.2, -0.15) is 0 Å². The molecule has 7 nitrogen and oxygen atoms in total. The number of nitrogens with one attached hydrogen (secondary N) is 2. The average molecular weight is 659 g/mol. The maximum atomic E-state index is 14.0. The summed E-state index contributed by atoms with van der Waals surface area (Å²) in [7, 11) is 0. The van der Waals surface area contributed by atoms with Crippen LogP contribution in [0.4, 0.5) is 11.4 Å². The van der Waals surface area contributed by atoms with Gasteiger partial charge >= 0.3 is 0 Å². The Morgan fingerprint density at radius 2 is 1.33 bits per heavy atom. The first-order valence-electron chi connectivity index (χ1n) is 17.6. The quantitative estimate of drug-likeness (QED) is 0.134. The summed E-state index contributed by atoms with van der Waals surface area (Å²) in [6.45, 7) is 21.3. The molecule has 0 aliphatic rings. The van der Waals surface area contributed by atoms with Crippen LogP contribution in [0.25, 0.3) is 0 Å². The van der Waals surface area contributed by atoms with E-state index in [1.807, 2.05) is 30.3 Å². The largest absolute Gasteiger partial charge is 0.480 e. The van der Waals surface area contributed by atoms with Crippen molar-refractivity contribution in [2.45, 2.75) is 130 Å². The minimum Gasteiger partial charge on any atom is -0.480 e. The number of anilines is 2. The second-order valence-electron chi connectivity index (χ2n) is 14.7. The zero-order valence-corrected chi connectivity index (χ0v) is 30.9. The van der Waals surface area contributed by atoms with Gasteiger partial charge in [0.15, 0.2) is 11.9 Å². The molecule has 2 amide bonds. The lowest BCUT2D eigenvalue weighted by molar-refractivity contribution is -0.123. The second-order valence-corrected chi connectivity index (χ2v) is 14.7. The van der Waals surface area contributed by atoms with Crippen LogP contribution in [0, 0.1) is 0 Å². The standard InChI is InChI=1S/C41H58N2O5/c1-11-15-16-35(48-34-24-19-29(40(7,8)13-3)25-32(34)41(9,10)14-4)38(46)43-33-23-20-30(42-37(45)27-44)26-36(33)47-31-21-17-28(18-22-31)39(5,6)12-2/h17-26,35,44H,11-16,27H2,1-10H3,(H,42,45)(H,43,46). The summed E-state index contributed by atoms with van der Waals surface area (Å²) < 4.78 is 12.9. The van der Waals surface area contributed by atoms with E-state index in [-0.39, 0.29) is 22.2 Å². The van der Waals surface area contributed by atoms with Crippen LogP contribution in [0.5, 0.6) is 17.2 Å². The van der Waals surface area contributed by atoms with Crippen LogP contribution in [0.3, 0.4) is 0 Å². The molecule has 0 aliphatic carbocycles. The number of amides is 2. The lowest BCUT2D eigenvalue weighted by Gasteiger charge is -2.31. The molecule has 0 spiro atoms. The summed E-state index contributed by atoms with van der Waals surface area (Å²) in [6.07, 6.45) is 4.47. The molecule has 0 saturated heterocycles. The first kappa shape index (κ1) is 38.6. The van der Waals surface area contributed by atoms with Crippen LogP contribution in [0.15, 0.2) is 60.7 Å². The molecule has 0 aliphatic heterocycles. The first-order valence-corrected chi connectivity index (χ1v) is 17.6. The van der Waals surface area contributed by atoms with Crippen LogP contribution in [0.1, 0.15) is 124 Å². The molecule has 48 heavy (non-hydrogen) atoms. The van der Waals surface area contributed by atoms with Gasteiger partial charge in [0.1, 0.15) is 18.1 Å². The lowest BCUT2D eigenvalue weighted by Crippen LogP contribution is -2.34. The van der Waals surface area contributed by atoms with Crippen molar-refractivity contribution in [2.75, 3.05) is 17.2 Å². The van der Waals surface area contributed by atoms with Crippen molar-refractivity contribution in [1.29, 1.82) is 0 Å². The van der Waals surface area contributed by atoms with E-state index in [0.717, 1.165) is 43.4 Å². The monoisotopic (exact) mass is 658 g/mol. The molecule has 0 heterocycles. The number of unbranched alkanes of at least 4 members (excludes halogenated alkanes) is 1. The molecule has 0 saturated carbocycles. The Hall–Kier alpha value is -3.84.